The molecule has 0 spiro atoms. The van der Waals surface area contributed by atoms with E-state index in [9.17, 15) is 4.79 Å². The van der Waals surface area contributed by atoms with Crippen molar-refractivity contribution in [3.63, 3.8) is 0 Å². The molecule has 0 N–H and O–H groups in total. The van der Waals surface area contributed by atoms with Crippen molar-refractivity contribution in [2.45, 2.75) is 19.4 Å². The Morgan fingerprint density at radius 2 is 2.09 bits per heavy atom. The summed E-state index contributed by atoms with van der Waals surface area (Å²) in [5.41, 5.74) is 1.20. The summed E-state index contributed by atoms with van der Waals surface area (Å²) < 4.78 is 0. The van der Waals surface area contributed by atoms with Crippen molar-refractivity contribution < 1.29 is 4.79 Å². The van der Waals surface area contributed by atoms with Crippen molar-refractivity contribution in [3.05, 3.63) is 40.8 Å². The average Bonchev–Trinajstić information content (AvgIpc) is 3.08. The zero-order valence-corrected chi connectivity index (χ0v) is 13.5. The molecule has 1 aliphatic heterocycles. The molecular formula is C16H20N4OS. The maximum Gasteiger partial charge on any atom is 0.225 e. The van der Waals surface area contributed by atoms with Crippen LogP contribution in [0.2, 0.25) is 0 Å². The summed E-state index contributed by atoms with van der Waals surface area (Å²) in [6.07, 6.45) is 5.25. The van der Waals surface area contributed by atoms with Gasteiger partial charge in [-0.05, 0) is 41.3 Å². The summed E-state index contributed by atoms with van der Waals surface area (Å²) >= 11 is 1.67. The van der Waals surface area contributed by atoms with E-state index in [-0.39, 0.29) is 11.8 Å². The number of amides is 1. The van der Waals surface area contributed by atoms with E-state index >= 15 is 0 Å². The molecule has 22 heavy (non-hydrogen) atoms. The van der Waals surface area contributed by atoms with Gasteiger partial charge in [0.25, 0.3) is 0 Å². The van der Waals surface area contributed by atoms with Gasteiger partial charge in [0.1, 0.15) is 0 Å². The first-order valence-electron chi connectivity index (χ1n) is 7.52. The fourth-order valence-corrected chi connectivity index (χ4v) is 3.49. The quantitative estimate of drug-likeness (QED) is 0.869. The second kappa shape index (κ2) is 6.87. The molecule has 0 bridgehead atoms. The molecule has 0 aliphatic carbocycles. The lowest BCUT2D eigenvalue weighted by atomic mass is 9.95. The monoisotopic (exact) mass is 316 g/mol. The van der Waals surface area contributed by atoms with Crippen LogP contribution in [0.3, 0.4) is 0 Å². The molecule has 0 aromatic carbocycles. The van der Waals surface area contributed by atoms with E-state index < -0.39 is 0 Å². The maximum atomic E-state index is 12.5. The van der Waals surface area contributed by atoms with Crippen LogP contribution in [0.15, 0.2) is 35.3 Å². The van der Waals surface area contributed by atoms with Gasteiger partial charge in [-0.15, -0.1) is 0 Å². The zero-order valence-electron chi connectivity index (χ0n) is 12.7. The summed E-state index contributed by atoms with van der Waals surface area (Å²) in [6.45, 7) is 2.38. The molecule has 5 nitrogen and oxygen atoms in total. The molecule has 2 aromatic rings. The largest absolute Gasteiger partial charge is 0.341 e. The van der Waals surface area contributed by atoms with E-state index in [4.69, 9.17) is 0 Å². The Morgan fingerprint density at radius 3 is 2.73 bits per heavy atom. The summed E-state index contributed by atoms with van der Waals surface area (Å²) in [6, 6.07) is 3.89. The van der Waals surface area contributed by atoms with Crippen molar-refractivity contribution in [1.29, 1.82) is 0 Å². The van der Waals surface area contributed by atoms with Crippen molar-refractivity contribution >= 4 is 23.2 Å². The van der Waals surface area contributed by atoms with Gasteiger partial charge in [0, 0.05) is 45.0 Å². The molecule has 1 amide bonds. The van der Waals surface area contributed by atoms with Crippen LogP contribution in [0.5, 0.6) is 0 Å². The van der Waals surface area contributed by atoms with Crippen LogP contribution in [0.1, 0.15) is 18.4 Å². The van der Waals surface area contributed by atoms with Gasteiger partial charge in [0.2, 0.25) is 11.9 Å². The van der Waals surface area contributed by atoms with Gasteiger partial charge in [-0.25, -0.2) is 9.97 Å². The highest BCUT2D eigenvalue weighted by Crippen LogP contribution is 2.22. The third-order valence-corrected chi connectivity index (χ3v) is 4.79. The topological polar surface area (TPSA) is 49.3 Å². The third kappa shape index (κ3) is 3.44. The van der Waals surface area contributed by atoms with E-state index in [0.717, 1.165) is 31.9 Å². The molecule has 3 heterocycles. The average molecular weight is 316 g/mol. The number of hydrogen-bond acceptors (Lipinski definition) is 5. The number of aromatic nitrogens is 2. The van der Waals surface area contributed by atoms with Gasteiger partial charge in [-0.2, -0.15) is 11.3 Å². The van der Waals surface area contributed by atoms with Crippen LogP contribution in [0, 0.1) is 5.92 Å². The van der Waals surface area contributed by atoms with E-state index in [2.05, 4.69) is 26.3 Å². The molecule has 6 heteroatoms. The van der Waals surface area contributed by atoms with Crippen molar-refractivity contribution in [1.82, 2.24) is 14.9 Å². The molecule has 0 unspecified atom stereocenters. The Hall–Kier alpha value is -1.95. The first-order chi connectivity index (χ1) is 10.7. The minimum atomic E-state index is 0.114. The second-order valence-electron chi connectivity index (χ2n) is 5.64. The Balaban J connectivity index is 1.53. The van der Waals surface area contributed by atoms with E-state index in [0.29, 0.717) is 6.54 Å². The van der Waals surface area contributed by atoms with Crippen molar-refractivity contribution in [2.24, 2.45) is 5.92 Å². The third-order valence-electron chi connectivity index (χ3n) is 4.06. The Labute approximate surface area is 134 Å². The van der Waals surface area contributed by atoms with Crippen LogP contribution in [-0.2, 0) is 11.3 Å². The lowest BCUT2D eigenvalue weighted by molar-refractivity contribution is -0.135. The van der Waals surface area contributed by atoms with E-state index in [1.165, 1.54) is 5.56 Å². The van der Waals surface area contributed by atoms with Gasteiger partial charge in [0.15, 0.2) is 0 Å². The second-order valence-corrected chi connectivity index (χ2v) is 6.42. The highest BCUT2D eigenvalue weighted by molar-refractivity contribution is 7.07. The number of carbonyl (C=O) groups is 1. The first-order valence-corrected chi connectivity index (χ1v) is 8.46. The van der Waals surface area contributed by atoms with Crippen LogP contribution in [0.4, 0.5) is 5.95 Å². The molecule has 2 aromatic heterocycles. The number of carbonyl (C=O) groups excluding carboxylic acids is 1. The van der Waals surface area contributed by atoms with Gasteiger partial charge >= 0.3 is 0 Å². The number of anilines is 1. The lowest BCUT2D eigenvalue weighted by Crippen LogP contribution is -2.41. The summed E-state index contributed by atoms with van der Waals surface area (Å²) in [5, 5.41) is 4.14. The van der Waals surface area contributed by atoms with E-state index in [1.54, 1.807) is 23.7 Å². The molecule has 3 rings (SSSR count). The van der Waals surface area contributed by atoms with Gasteiger partial charge in [0.05, 0.1) is 0 Å². The van der Waals surface area contributed by atoms with Crippen molar-refractivity contribution in [3.8, 4) is 0 Å². The van der Waals surface area contributed by atoms with Crippen LogP contribution in [0.25, 0.3) is 0 Å². The minimum absolute atomic E-state index is 0.114. The Morgan fingerprint density at radius 1 is 1.36 bits per heavy atom. The van der Waals surface area contributed by atoms with Gasteiger partial charge in [-0.1, -0.05) is 0 Å². The maximum absolute atomic E-state index is 12.5. The van der Waals surface area contributed by atoms with Crippen molar-refractivity contribution in [2.75, 3.05) is 25.0 Å². The predicted octanol–water partition coefficient (Wildman–Crippen LogP) is 2.41. The molecule has 0 atom stereocenters. The number of piperidine rings is 1. The molecular weight excluding hydrogens is 296 g/mol. The minimum Gasteiger partial charge on any atom is -0.341 e. The molecule has 1 aliphatic rings. The van der Waals surface area contributed by atoms with Crippen LogP contribution in [-0.4, -0.2) is 40.9 Å². The Bertz CT molecular complexity index is 594. The van der Waals surface area contributed by atoms with E-state index in [1.807, 2.05) is 23.4 Å². The molecule has 116 valence electrons. The fourth-order valence-electron chi connectivity index (χ4n) is 2.83. The standard InChI is InChI=1S/C16H20N4OS/c1-19(11-13-5-10-22-12-13)15(21)14-3-8-20(9-4-14)16-17-6-2-7-18-16/h2,5-7,10,12,14H,3-4,8-9,11H2,1H3. The van der Waals surface area contributed by atoms with Crippen LogP contribution < -0.4 is 4.90 Å². The molecule has 1 saturated heterocycles. The zero-order chi connectivity index (χ0) is 15.4. The molecule has 1 fully saturated rings. The summed E-state index contributed by atoms with van der Waals surface area (Å²) in [4.78, 5) is 25.1. The number of rotatable bonds is 4. The van der Waals surface area contributed by atoms with Gasteiger partial charge < -0.3 is 9.80 Å². The number of nitrogens with zero attached hydrogens (tertiary/aromatic N) is 4. The first kappa shape index (κ1) is 15.0. The number of thiophene rings is 1. The fraction of sp³-hybridized carbons (Fsp3) is 0.438. The van der Waals surface area contributed by atoms with Crippen LogP contribution >= 0.6 is 11.3 Å². The molecule has 0 radical (unpaired) electrons. The predicted molar refractivity (Wildman–Crippen MR) is 87.8 cm³/mol. The molecule has 0 saturated carbocycles. The smallest absolute Gasteiger partial charge is 0.225 e. The highest BCUT2D eigenvalue weighted by atomic mass is 32.1. The number of hydrogen-bond donors (Lipinski definition) is 0. The van der Waals surface area contributed by atoms with Gasteiger partial charge in [-0.3, -0.25) is 4.79 Å². The normalized spacial score (nSPS) is 15.8. The summed E-state index contributed by atoms with van der Waals surface area (Å²) in [5.74, 6) is 1.13. The SMILES string of the molecule is CN(Cc1ccsc1)C(=O)C1CCN(c2ncccn2)CC1. The highest BCUT2D eigenvalue weighted by Gasteiger charge is 2.28. The summed E-state index contributed by atoms with van der Waals surface area (Å²) in [7, 11) is 1.90. The lowest BCUT2D eigenvalue weighted by Gasteiger charge is -2.33. The Kier molecular flexibility index (Phi) is 4.68.